The second-order valence-corrected chi connectivity index (χ2v) is 10.2. The lowest BCUT2D eigenvalue weighted by molar-refractivity contribution is -0.168. The summed E-state index contributed by atoms with van der Waals surface area (Å²) in [5, 5.41) is 0.834. The summed E-state index contributed by atoms with van der Waals surface area (Å²) < 4.78 is 39.4. The molecule has 0 aliphatic carbocycles. The highest BCUT2D eigenvalue weighted by molar-refractivity contribution is 5.98. The number of carbonyl (C=O) groups excluding carboxylic acids is 1. The molecule has 2 aliphatic rings. The Morgan fingerprint density at radius 2 is 1.92 bits per heavy atom. The summed E-state index contributed by atoms with van der Waals surface area (Å²) in [5.41, 5.74) is 9.65. The zero-order valence-electron chi connectivity index (χ0n) is 20.2. The first-order chi connectivity index (χ1) is 17.2. The standard InChI is InChI=1S/C27H30F3N5O/c1-17-10-21(31)16-35(14-17)25-6-8-32-13-19(25)11-26(36)23-5-3-18-2-4-22(12-24(18)33-23)34-9-7-20(15-34)27(28,29)30/h2-6,8,12-13,17,20-21H,7,9-11,14-16,31H2,1H3/t17-,20?,21+/m1/s1. The van der Waals surface area contributed by atoms with Gasteiger partial charge < -0.3 is 15.5 Å². The maximum Gasteiger partial charge on any atom is 0.393 e. The number of rotatable bonds is 5. The lowest BCUT2D eigenvalue weighted by Gasteiger charge is -2.37. The molecule has 36 heavy (non-hydrogen) atoms. The molecule has 190 valence electrons. The summed E-state index contributed by atoms with van der Waals surface area (Å²) >= 11 is 0. The van der Waals surface area contributed by atoms with E-state index < -0.39 is 12.1 Å². The molecule has 3 atom stereocenters. The lowest BCUT2D eigenvalue weighted by Crippen LogP contribution is -2.46. The van der Waals surface area contributed by atoms with Gasteiger partial charge in [-0.25, -0.2) is 4.98 Å². The molecule has 0 saturated carbocycles. The molecule has 0 amide bonds. The topological polar surface area (TPSA) is 75.3 Å². The highest BCUT2D eigenvalue weighted by atomic mass is 19.4. The summed E-state index contributed by atoms with van der Waals surface area (Å²) in [4.78, 5) is 26.0. The van der Waals surface area contributed by atoms with Gasteiger partial charge in [-0.3, -0.25) is 9.78 Å². The minimum absolute atomic E-state index is 0.0593. The lowest BCUT2D eigenvalue weighted by atomic mass is 9.95. The number of carbonyl (C=O) groups is 1. The number of hydrogen-bond acceptors (Lipinski definition) is 6. The molecule has 2 fully saturated rings. The molecule has 3 aromatic rings. The van der Waals surface area contributed by atoms with Crippen molar-refractivity contribution in [2.45, 2.75) is 38.4 Å². The largest absolute Gasteiger partial charge is 0.393 e. The molecule has 5 rings (SSSR count). The molecule has 0 bridgehead atoms. The van der Waals surface area contributed by atoms with E-state index in [0.717, 1.165) is 36.1 Å². The van der Waals surface area contributed by atoms with Crippen molar-refractivity contribution in [2.75, 3.05) is 36.0 Å². The summed E-state index contributed by atoms with van der Waals surface area (Å²) in [6, 6.07) is 11.0. The van der Waals surface area contributed by atoms with E-state index in [1.807, 2.05) is 24.3 Å². The molecule has 0 radical (unpaired) electrons. The van der Waals surface area contributed by atoms with Gasteiger partial charge in [0.25, 0.3) is 0 Å². The van der Waals surface area contributed by atoms with Crippen LogP contribution in [0.5, 0.6) is 0 Å². The van der Waals surface area contributed by atoms with Gasteiger partial charge in [-0.15, -0.1) is 0 Å². The van der Waals surface area contributed by atoms with Crippen LogP contribution in [0.3, 0.4) is 0 Å². The predicted molar refractivity (Wildman–Crippen MR) is 134 cm³/mol. The van der Waals surface area contributed by atoms with E-state index in [0.29, 0.717) is 29.4 Å². The Bertz CT molecular complexity index is 1250. The fourth-order valence-corrected chi connectivity index (χ4v) is 5.44. The van der Waals surface area contributed by atoms with Crippen molar-refractivity contribution in [3.63, 3.8) is 0 Å². The molecule has 0 spiro atoms. The highest BCUT2D eigenvalue weighted by Gasteiger charge is 2.43. The van der Waals surface area contributed by atoms with E-state index in [4.69, 9.17) is 5.73 Å². The molecule has 1 aromatic carbocycles. The van der Waals surface area contributed by atoms with Crippen LogP contribution in [0.2, 0.25) is 0 Å². The first kappa shape index (κ1) is 24.5. The number of pyridine rings is 2. The summed E-state index contributed by atoms with van der Waals surface area (Å²) in [6.07, 6.45) is 0.481. The fraction of sp³-hybridized carbons (Fsp3) is 0.444. The number of nitrogens with two attached hydrogens (primary N) is 1. The Hall–Kier alpha value is -3.20. The van der Waals surface area contributed by atoms with E-state index in [1.54, 1.807) is 29.4 Å². The average molecular weight is 498 g/mol. The third-order valence-corrected chi connectivity index (χ3v) is 7.24. The van der Waals surface area contributed by atoms with Gasteiger partial charge in [-0.1, -0.05) is 19.1 Å². The second kappa shape index (κ2) is 9.69. The average Bonchev–Trinajstić information content (AvgIpc) is 3.34. The van der Waals surface area contributed by atoms with E-state index in [9.17, 15) is 18.0 Å². The molecular formula is C27H30F3N5O. The Morgan fingerprint density at radius 1 is 1.11 bits per heavy atom. The molecule has 2 aromatic heterocycles. The van der Waals surface area contributed by atoms with Gasteiger partial charge in [0, 0.05) is 73.4 Å². The van der Waals surface area contributed by atoms with Crippen LogP contribution in [-0.2, 0) is 6.42 Å². The molecule has 9 heteroatoms. The van der Waals surface area contributed by atoms with E-state index in [-0.39, 0.29) is 31.2 Å². The van der Waals surface area contributed by atoms with Crippen LogP contribution < -0.4 is 15.5 Å². The monoisotopic (exact) mass is 497 g/mol. The Balaban J connectivity index is 1.36. The third kappa shape index (κ3) is 5.16. The molecule has 4 heterocycles. The number of halogens is 3. The maximum atomic E-state index is 13.2. The van der Waals surface area contributed by atoms with Crippen molar-refractivity contribution in [1.29, 1.82) is 0 Å². The van der Waals surface area contributed by atoms with Crippen LogP contribution >= 0.6 is 0 Å². The van der Waals surface area contributed by atoms with Crippen LogP contribution in [0.25, 0.3) is 10.9 Å². The number of nitrogens with zero attached hydrogens (tertiary/aromatic N) is 4. The predicted octanol–water partition coefficient (Wildman–Crippen LogP) is 4.62. The molecular weight excluding hydrogens is 467 g/mol. The number of aromatic nitrogens is 2. The van der Waals surface area contributed by atoms with Gasteiger partial charge in [-0.05, 0) is 43.0 Å². The van der Waals surface area contributed by atoms with Crippen LogP contribution in [-0.4, -0.2) is 54.1 Å². The van der Waals surface area contributed by atoms with Gasteiger partial charge in [0.2, 0.25) is 0 Å². The van der Waals surface area contributed by atoms with Gasteiger partial charge in [0.15, 0.2) is 5.78 Å². The van der Waals surface area contributed by atoms with Gasteiger partial charge in [-0.2, -0.15) is 13.2 Å². The maximum absolute atomic E-state index is 13.2. The first-order valence-corrected chi connectivity index (χ1v) is 12.4. The minimum Gasteiger partial charge on any atom is -0.371 e. The summed E-state index contributed by atoms with van der Waals surface area (Å²) in [6.45, 7) is 4.07. The van der Waals surface area contributed by atoms with Crippen molar-refractivity contribution in [3.05, 3.63) is 60.0 Å². The third-order valence-electron chi connectivity index (χ3n) is 7.24. The van der Waals surface area contributed by atoms with Gasteiger partial charge >= 0.3 is 6.18 Å². The van der Waals surface area contributed by atoms with Crippen LogP contribution in [0, 0.1) is 11.8 Å². The number of hydrogen-bond donors (Lipinski definition) is 1. The van der Waals surface area contributed by atoms with Crippen molar-refractivity contribution < 1.29 is 18.0 Å². The van der Waals surface area contributed by atoms with E-state index >= 15 is 0 Å². The van der Waals surface area contributed by atoms with Crippen molar-refractivity contribution in [2.24, 2.45) is 17.6 Å². The number of benzene rings is 1. The minimum atomic E-state index is -4.19. The van der Waals surface area contributed by atoms with Crippen molar-refractivity contribution >= 4 is 28.1 Å². The van der Waals surface area contributed by atoms with Gasteiger partial charge in [0.05, 0.1) is 11.4 Å². The zero-order valence-corrected chi connectivity index (χ0v) is 20.2. The molecule has 2 aliphatic heterocycles. The first-order valence-electron chi connectivity index (χ1n) is 12.4. The number of alkyl halides is 3. The van der Waals surface area contributed by atoms with Crippen LogP contribution in [0.4, 0.5) is 24.5 Å². The number of Topliss-reactive ketones (excluding diaryl/α,β-unsaturated/α-hetero) is 1. The van der Waals surface area contributed by atoms with E-state index in [1.165, 1.54) is 0 Å². The van der Waals surface area contributed by atoms with Crippen molar-refractivity contribution in [1.82, 2.24) is 9.97 Å². The molecule has 2 saturated heterocycles. The van der Waals surface area contributed by atoms with Gasteiger partial charge in [0.1, 0.15) is 5.69 Å². The smallest absolute Gasteiger partial charge is 0.371 e. The number of anilines is 2. The zero-order chi connectivity index (χ0) is 25.4. The Kier molecular flexibility index (Phi) is 6.59. The van der Waals surface area contributed by atoms with E-state index in [2.05, 4.69) is 21.8 Å². The number of ketones is 1. The molecule has 6 nitrogen and oxygen atoms in total. The summed E-state index contributed by atoms with van der Waals surface area (Å²) in [5.74, 6) is -0.992. The molecule has 1 unspecified atom stereocenters. The Morgan fingerprint density at radius 3 is 2.67 bits per heavy atom. The van der Waals surface area contributed by atoms with Crippen LogP contribution in [0.15, 0.2) is 48.8 Å². The number of fused-ring (bicyclic) bond motifs is 1. The summed E-state index contributed by atoms with van der Waals surface area (Å²) in [7, 11) is 0. The number of piperidine rings is 1. The highest BCUT2D eigenvalue weighted by Crippen LogP contribution is 2.36. The Labute approximate surface area is 208 Å². The fourth-order valence-electron chi connectivity index (χ4n) is 5.44. The SMILES string of the molecule is C[C@@H]1C[C@H](N)CN(c2ccncc2CC(=O)c2ccc3ccc(N4CCC(C(F)(F)F)C4)cc3n2)C1. The van der Waals surface area contributed by atoms with Crippen LogP contribution in [0.1, 0.15) is 35.8 Å². The normalized spacial score (nSPS) is 22.9. The quantitative estimate of drug-likeness (QED) is 0.519. The molecule has 2 N–H and O–H groups in total. The van der Waals surface area contributed by atoms with Crippen molar-refractivity contribution in [3.8, 4) is 0 Å². The second-order valence-electron chi connectivity index (χ2n) is 10.2.